The number of ether oxygens (including phenoxy) is 1. The number of carbonyl (C=O) groups is 2. The van der Waals surface area contributed by atoms with Crippen molar-refractivity contribution in [2.75, 3.05) is 7.11 Å². The van der Waals surface area contributed by atoms with E-state index in [1.807, 2.05) is 24.3 Å². The first-order valence-electron chi connectivity index (χ1n) is 6.92. The molecule has 0 radical (unpaired) electrons. The van der Waals surface area contributed by atoms with Crippen LogP contribution < -0.4 is 10.1 Å². The lowest BCUT2D eigenvalue weighted by Gasteiger charge is -2.20. The molecule has 1 aliphatic heterocycles. The Labute approximate surface area is 117 Å². The first-order valence-corrected chi connectivity index (χ1v) is 6.92. The number of nitrogens with one attached hydrogen (secondary N) is 1. The van der Waals surface area contributed by atoms with Gasteiger partial charge in [0.1, 0.15) is 11.3 Å². The molecule has 2 aliphatic rings. The van der Waals surface area contributed by atoms with Crippen LogP contribution in [-0.2, 0) is 11.3 Å². The number of carbonyl (C=O) groups excluding carboxylic acids is 2. The highest BCUT2D eigenvalue weighted by Gasteiger charge is 2.52. The van der Waals surface area contributed by atoms with Crippen molar-refractivity contribution < 1.29 is 14.3 Å². The van der Waals surface area contributed by atoms with Crippen LogP contribution in [0.3, 0.4) is 0 Å². The lowest BCUT2D eigenvalue weighted by atomic mass is 9.98. The summed E-state index contributed by atoms with van der Waals surface area (Å²) in [5.41, 5.74) is 0.201. The summed E-state index contributed by atoms with van der Waals surface area (Å²) in [6.07, 6.45) is 3.49. The maximum Gasteiger partial charge on any atom is 0.325 e. The van der Waals surface area contributed by atoms with Crippen LogP contribution in [0.2, 0.25) is 0 Å². The number of amides is 3. The molecule has 1 spiro atoms. The zero-order valence-electron chi connectivity index (χ0n) is 11.5. The minimum Gasteiger partial charge on any atom is -0.496 e. The van der Waals surface area contributed by atoms with E-state index in [0.29, 0.717) is 5.75 Å². The van der Waals surface area contributed by atoms with Gasteiger partial charge in [0.2, 0.25) is 0 Å². The van der Waals surface area contributed by atoms with E-state index in [9.17, 15) is 9.59 Å². The van der Waals surface area contributed by atoms with Crippen molar-refractivity contribution in [3.63, 3.8) is 0 Å². The third-order valence-electron chi connectivity index (χ3n) is 4.22. The summed E-state index contributed by atoms with van der Waals surface area (Å²) in [6.45, 7) is 0.260. The topological polar surface area (TPSA) is 58.6 Å². The van der Waals surface area contributed by atoms with Gasteiger partial charge in [-0.05, 0) is 18.9 Å². The predicted octanol–water partition coefficient (Wildman–Crippen LogP) is 2.06. The fourth-order valence-corrected chi connectivity index (χ4v) is 3.14. The Hall–Kier alpha value is -2.04. The van der Waals surface area contributed by atoms with Crippen LogP contribution in [0.4, 0.5) is 4.79 Å². The van der Waals surface area contributed by atoms with Crippen LogP contribution in [0.5, 0.6) is 5.75 Å². The number of hydrogen-bond donors (Lipinski definition) is 1. The van der Waals surface area contributed by atoms with E-state index in [1.165, 1.54) is 4.90 Å². The second kappa shape index (κ2) is 4.81. The van der Waals surface area contributed by atoms with Gasteiger partial charge in [0.05, 0.1) is 13.7 Å². The average Bonchev–Trinajstić information content (AvgIpc) is 3.01. The smallest absolute Gasteiger partial charge is 0.325 e. The van der Waals surface area contributed by atoms with E-state index >= 15 is 0 Å². The number of methoxy groups -OCH3 is 1. The SMILES string of the molecule is COc1ccccc1CN1C(=O)NC2(CCCC2)C1=O. The van der Waals surface area contributed by atoms with Gasteiger partial charge >= 0.3 is 6.03 Å². The molecule has 2 fully saturated rings. The van der Waals surface area contributed by atoms with Gasteiger partial charge in [-0.25, -0.2) is 4.79 Å². The molecule has 1 aromatic rings. The van der Waals surface area contributed by atoms with Crippen molar-refractivity contribution in [3.05, 3.63) is 29.8 Å². The highest BCUT2D eigenvalue weighted by Crippen LogP contribution is 2.36. The standard InChI is InChI=1S/C15H18N2O3/c1-20-12-7-3-2-6-11(12)10-17-13(18)15(16-14(17)19)8-4-5-9-15/h2-3,6-7H,4-5,8-10H2,1H3,(H,16,19). The van der Waals surface area contributed by atoms with Gasteiger partial charge < -0.3 is 10.1 Å². The van der Waals surface area contributed by atoms with Gasteiger partial charge in [-0.2, -0.15) is 0 Å². The highest BCUT2D eigenvalue weighted by molar-refractivity contribution is 6.07. The van der Waals surface area contributed by atoms with E-state index < -0.39 is 5.54 Å². The van der Waals surface area contributed by atoms with E-state index in [-0.39, 0.29) is 18.5 Å². The second-order valence-corrected chi connectivity index (χ2v) is 5.42. The quantitative estimate of drug-likeness (QED) is 0.858. The number of rotatable bonds is 3. The predicted molar refractivity (Wildman–Crippen MR) is 73.3 cm³/mol. The Morgan fingerprint density at radius 2 is 1.95 bits per heavy atom. The Bertz CT molecular complexity index is 550. The molecule has 1 aliphatic carbocycles. The van der Waals surface area contributed by atoms with E-state index in [1.54, 1.807) is 7.11 Å². The number of nitrogens with zero attached hydrogens (tertiary/aromatic N) is 1. The van der Waals surface area contributed by atoms with Gasteiger partial charge in [-0.3, -0.25) is 9.69 Å². The van der Waals surface area contributed by atoms with Gasteiger partial charge in [0, 0.05) is 5.56 Å². The van der Waals surface area contributed by atoms with Crippen molar-refractivity contribution in [1.29, 1.82) is 0 Å². The van der Waals surface area contributed by atoms with E-state index in [2.05, 4.69) is 5.32 Å². The fourth-order valence-electron chi connectivity index (χ4n) is 3.14. The van der Waals surface area contributed by atoms with Gasteiger partial charge in [-0.15, -0.1) is 0 Å². The van der Waals surface area contributed by atoms with Crippen LogP contribution >= 0.6 is 0 Å². The lowest BCUT2D eigenvalue weighted by Crippen LogP contribution is -2.44. The zero-order chi connectivity index (χ0) is 14.2. The molecule has 5 heteroatoms. The van der Waals surface area contributed by atoms with E-state index in [0.717, 1.165) is 31.2 Å². The summed E-state index contributed by atoms with van der Waals surface area (Å²) < 4.78 is 5.27. The Balaban J connectivity index is 1.84. The number of hydrogen-bond acceptors (Lipinski definition) is 3. The molecular weight excluding hydrogens is 256 g/mol. The molecule has 5 nitrogen and oxygen atoms in total. The number of benzene rings is 1. The van der Waals surface area contributed by atoms with Gasteiger partial charge in [0.25, 0.3) is 5.91 Å². The molecule has 20 heavy (non-hydrogen) atoms. The molecule has 3 rings (SSSR count). The molecule has 0 unspecified atom stereocenters. The summed E-state index contributed by atoms with van der Waals surface area (Å²) in [5.74, 6) is 0.603. The van der Waals surface area contributed by atoms with Gasteiger partial charge in [0.15, 0.2) is 0 Å². The average molecular weight is 274 g/mol. The second-order valence-electron chi connectivity index (χ2n) is 5.42. The molecule has 3 amide bonds. The molecule has 1 saturated carbocycles. The molecule has 1 aromatic carbocycles. The van der Waals surface area contributed by atoms with Crippen LogP contribution in [-0.4, -0.2) is 29.5 Å². The van der Waals surface area contributed by atoms with Crippen molar-refractivity contribution in [1.82, 2.24) is 10.2 Å². The lowest BCUT2D eigenvalue weighted by molar-refractivity contribution is -0.131. The molecule has 0 atom stereocenters. The monoisotopic (exact) mass is 274 g/mol. The first kappa shape index (κ1) is 13.0. The van der Waals surface area contributed by atoms with Crippen LogP contribution in [0, 0.1) is 0 Å². The number of para-hydroxylation sites is 1. The third kappa shape index (κ3) is 1.94. The molecule has 106 valence electrons. The first-order chi connectivity index (χ1) is 9.66. The Morgan fingerprint density at radius 3 is 2.65 bits per heavy atom. The van der Waals surface area contributed by atoms with Crippen LogP contribution in [0.25, 0.3) is 0 Å². The minimum atomic E-state index is -0.640. The molecule has 1 N–H and O–H groups in total. The summed E-state index contributed by atoms with van der Waals surface area (Å²) in [7, 11) is 1.59. The van der Waals surface area contributed by atoms with Crippen molar-refractivity contribution >= 4 is 11.9 Å². The van der Waals surface area contributed by atoms with Crippen molar-refractivity contribution in [2.24, 2.45) is 0 Å². The van der Waals surface area contributed by atoms with E-state index in [4.69, 9.17) is 4.74 Å². The summed E-state index contributed by atoms with van der Waals surface area (Å²) >= 11 is 0. The molecular formula is C15H18N2O3. The normalized spacial score (nSPS) is 20.6. The van der Waals surface area contributed by atoms with Crippen molar-refractivity contribution in [2.45, 2.75) is 37.8 Å². The van der Waals surface area contributed by atoms with Gasteiger partial charge in [-0.1, -0.05) is 31.0 Å². The zero-order valence-corrected chi connectivity index (χ0v) is 11.5. The van der Waals surface area contributed by atoms with Crippen LogP contribution in [0.1, 0.15) is 31.2 Å². The maximum atomic E-state index is 12.5. The Morgan fingerprint density at radius 1 is 1.25 bits per heavy atom. The maximum absolute atomic E-state index is 12.5. The van der Waals surface area contributed by atoms with Crippen LogP contribution in [0.15, 0.2) is 24.3 Å². The summed E-state index contributed by atoms with van der Waals surface area (Å²) in [5, 5.41) is 2.88. The molecule has 1 saturated heterocycles. The van der Waals surface area contributed by atoms with Crippen molar-refractivity contribution in [3.8, 4) is 5.75 Å². The Kier molecular flexibility index (Phi) is 3.12. The summed E-state index contributed by atoms with van der Waals surface area (Å²) in [4.78, 5) is 26.0. The minimum absolute atomic E-state index is 0.0918. The molecule has 0 aromatic heterocycles. The number of imide groups is 1. The third-order valence-corrected chi connectivity index (χ3v) is 4.22. The number of urea groups is 1. The fraction of sp³-hybridized carbons (Fsp3) is 0.467. The largest absolute Gasteiger partial charge is 0.496 e. The molecule has 0 bridgehead atoms. The summed E-state index contributed by atoms with van der Waals surface area (Å²) in [6, 6.07) is 7.16. The highest BCUT2D eigenvalue weighted by atomic mass is 16.5. The molecule has 1 heterocycles.